The Kier molecular flexibility index (Phi) is 3.75. The summed E-state index contributed by atoms with van der Waals surface area (Å²) < 4.78 is 0. The largest absolute Gasteiger partial charge is 0.481 e. The Hall–Kier alpha value is -2.43. The van der Waals surface area contributed by atoms with Gasteiger partial charge in [-0.2, -0.15) is 0 Å². The van der Waals surface area contributed by atoms with Crippen LogP contribution in [0.5, 0.6) is 0 Å². The molecule has 5 heteroatoms. The van der Waals surface area contributed by atoms with Crippen LogP contribution < -0.4 is 0 Å². The minimum atomic E-state index is -1.20. The van der Waals surface area contributed by atoms with Gasteiger partial charge in [0.15, 0.2) is 0 Å². The summed E-state index contributed by atoms with van der Waals surface area (Å²) in [4.78, 5) is 36.1. The van der Waals surface area contributed by atoms with Crippen molar-refractivity contribution >= 4 is 28.9 Å². The molecule has 0 amide bonds. The van der Waals surface area contributed by atoms with E-state index in [9.17, 15) is 14.4 Å². The molecule has 0 bridgehead atoms. The summed E-state index contributed by atoms with van der Waals surface area (Å²) in [7, 11) is 0. The molecule has 1 unspecified atom stereocenters. The van der Waals surface area contributed by atoms with Gasteiger partial charge in [-0.15, -0.1) is 0 Å². The highest BCUT2D eigenvalue weighted by Gasteiger charge is 2.22. The van der Waals surface area contributed by atoms with Crippen LogP contribution in [0.15, 0.2) is 30.5 Å². The Morgan fingerprint density at radius 2 is 2.05 bits per heavy atom. The predicted molar refractivity (Wildman–Crippen MR) is 68.4 cm³/mol. The number of carbonyl (C=O) groups is 2. The van der Waals surface area contributed by atoms with Gasteiger partial charge >= 0.3 is 5.97 Å². The van der Waals surface area contributed by atoms with Crippen LogP contribution in [0.1, 0.15) is 12.0 Å². The van der Waals surface area contributed by atoms with Crippen molar-refractivity contribution < 1.29 is 19.5 Å². The number of rotatable bonds is 6. The van der Waals surface area contributed by atoms with E-state index in [4.69, 9.17) is 5.11 Å². The monoisotopic (exact) mass is 258 g/mol. The summed E-state index contributed by atoms with van der Waals surface area (Å²) in [6.45, 7) is 0. The van der Waals surface area contributed by atoms with Gasteiger partial charge in [-0.05, 0) is 11.6 Å². The van der Waals surface area contributed by atoms with Crippen LogP contribution in [-0.4, -0.2) is 28.1 Å². The zero-order valence-electron chi connectivity index (χ0n) is 10.1. The van der Waals surface area contributed by atoms with Gasteiger partial charge in [0.05, 0.1) is 12.3 Å². The van der Waals surface area contributed by atoms with E-state index >= 15 is 0 Å². The van der Waals surface area contributed by atoms with Crippen molar-refractivity contribution in [1.82, 2.24) is 4.98 Å². The van der Waals surface area contributed by atoms with Gasteiger partial charge in [0.25, 0.3) is 0 Å². The predicted octanol–water partition coefficient (Wildman–Crippen LogP) is 1.48. The Morgan fingerprint density at radius 3 is 2.74 bits per heavy atom. The SMILES string of the molecule is O=[C]C(CC(=O)O)C(=O)Cc1c[nH]c2ccccc12. The number of benzene rings is 1. The summed E-state index contributed by atoms with van der Waals surface area (Å²) in [6.07, 6.45) is 2.72. The fourth-order valence-corrected chi connectivity index (χ4v) is 1.98. The van der Waals surface area contributed by atoms with Crippen LogP contribution in [0.2, 0.25) is 0 Å². The number of ketones is 1. The van der Waals surface area contributed by atoms with Crippen LogP contribution in [0.3, 0.4) is 0 Å². The Labute approximate surface area is 109 Å². The first-order chi connectivity index (χ1) is 9.11. The molecule has 5 nitrogen and oxygen atoms in total. The third kappa shape index (κ3) is 2.88. The standard InChI is InChI=1S/C14H12NO4/c16-8-10(6-14(18)19)13(17)5-9-7-15-12-4-2-1-3-11(9)12/h1-4,7,10,15H,5-6H2,(H,18,19). The molecular formula is C14H12NO4. The third-order valence-electron chi connectivity index (χ3n) is 2.95. The highest BCUT2D eigenvalue weighted by atomic mass is 16.4. The Bertz CT molecular complexity index is 629. The maximum Gasteiger partial charge on any atom is 0.304 e. The molecule has 1 atom stereocenters. The number of aliphatic carboxylic acids is 1. The average molecular weight is 258 g/mol. The number of nitrogens with one attached hydrogen (secondary N) is 1. The molecule has 2 rings (SSSR count). The van der Waals surface area contributed by atoms with Gasteiger partial charge in [-0.25, -0.2) is 0 Å². The van der Waals surface area contributed by atoms with Crippen molar-refractivity contribution in [1.29, 1.82) is 0 Å². The second-order valence-electron chi connectivity index (χ2n) is 4.27. The van der Waals surface area contributed by atoms with Crippen molar-refractivity contribution in [3.63, 3.8) is 0 Å². The lowest BCUT2D eigenvalue weighted by molar-refractivity contribution is -0.139. The van der Waals surface area contributed by atoms with Crippen molar-refractivity contribution in [3.8, 4) is 0 Å². The van der Waals surface area contributed by atoms with Crippen LogP contribution in [-0.2, 0) is 20.8 Å². The molecule has 0 aliphatic carbocycles. The molecule has 0 saturated heterocycles. The van der Waals surface area contributed by atoms with E-state index in [2.05, 4.69) is 4.98 Å². The third-order valence-corrected chi connectivity index (χ3v) is 2.95. The van der Waals surface area contributed by atoms with Gasteiger partial charge < -0.3 is 10.1 Å². The number of H-pyrrole nitrogens is 1. The zero-order chi connectivity index (χ0) is 13.8. The number of hydrogen-bond donors (Lipinski definition) is 2. The second-order valence-corrected chi connectivity index (χ2v) is 4.27. The van der Waals surface area contributed by atoms with E-state index in [1.54, 1.807) is 6.20 Å². The molecule has 1 radical (unpaired) electrons. The highest BCUT2D eigenvalue weighted by Crippen LogP contribution is 2.19. The summed E-state index contributed by atoms with van der Waals surface area (Å²) in [5.74, 6) is -2.81. The minimum Gasteiger partial charge on any atom is -0.481 e. The number of hydrogen-bond acceptors (Lipinski definition) is 3. The number of carboxylic acid groups (broad SMARTS) is 1. The quantitative estimate of drug-likeness (QED) is 0.768. The van der Waals surface area contributed by atoms with E-state index in [1.807, 2.05) is 24.3 Å². The first kappa shape index (κ1) is 13.0. The van der Waals surface area contributed by atoms with E-state index < -0.39 is 24.1 Å². The maximum absolute atomic E-state index is 11.9. The number of carboxylic acids is 1. The summed E-state index contributed by atoms with van der Waals surface area (Å²) in [5, 5.41) is 9.52. The van der Waals surface area contributed by atoms with Gasteiger partial charge in [0, 0.05) is 23.5 Å². The molecule has 97 valence electrons. The first-order valence-electron chi connectivity index (χ1n) is 5.79. The van der Waals surface area contributed by atoms with E-state index in [1.165, 1.54) is 6.29 Å². The molecule has 0 aliphatic heterocycles. The van der Waals surface area contributed by atoms with Crippen LogP contribution in [0.25, 0.3) is 10.9 Å². The number of para-hydroxylation sites is 1. The molecule has 1 aromatic carbocycles. The molecule has 2 aromatic rings. The Balaban J connectivity index is 2.18. The zero-order valence-corrected chi connectivity index (χ0v) is 10.1. The molecule has 1 aromatic heterocycles. The van der Waals surface area contributed by atoms with Crippen LogP contribution >= 0.6 is 0 Å². The topological polar surface area (TPSA) is 87.2 Å². The molecular weight excluding hydrogens is 246 g/mol. The fourth-order valence-electron chi connectivity index (χ4n) is 1.98. The molecule has 0 saturated carbocycles. The Morgan fingerprint density at radius 1 is 1.32 bits per heavy atom. The number of fused-ring (bicyclic) bond motifs is 1. The van der Waals surface area contributed by atoms with E-state index in [0.717, 1.165) is 16.5 Å². The highest BCUT2D eigenvalue weighted by molar-refractivity contribution is 5.99. The minimum absolute atomic E-state index is 0.0250. The summed E-state index contributed by atoms with van der Waals surface area (Å²) >= 11 is 0. The second kappa shape index (κ2) is 5.48. The van der Waals surface area contributed by atoms with Gasteiger partial charge in [0.2, 0.25) is 6.29 Å². The normalized spacial score (nSPS) is 12.2. The van der Waals surface area contributed by atoms with Crippen LogP contribution in [0.4, 0.5) is 0 Å². The van der Waals surface area contributed by atoms with Gasteiger partial charge in [0.1, 0.15) is 5.78 Å². The molecule has 0 spiro atoms. The molecule has 0 aliphatic rings. The summed E-state index contributed by atoms with van der Waals surface area (Å²) in [5.41, 5.74) is 1.65. The molecule has 0 fully saturated rings. The van der Waals surface area contributed by atoms with Crippen molar-refractivity contribution in [2.75, 3.05) is 0 Å². The summed E-state index contributed by atoms with van der Waals surface area (Å²) in [6, 6.07) is 7.47. The first-order valence-corrected chi connectivity index (χ1v) is 5.79. The number of carbonyl (C=O) groups excluding carboxylic acids is 2. The number of Topliss-reactive ketones (excluding diaryl/α,β-unsaturated/α-hetero) is 1. The molecule has 19 heavy (non-hydrogen) atoms. The van der Waals surface area contributed by atoms with Gasteiger partial charge in [-0.1, -0.05) is 18.2 Å². The van der Waals surface area contributed by atoms with Crippen LogP contribution in [0, 0.1) is 5.92 Å². The van der Waals surface area contributed by atoms with Gasteiger partial charge in [-0.3, -0.25) is 14.4 Å². The molecule has 2 N–H and O–H groups in total. The lowest BCUT2D eigenvalue weighted by Crippen LogP contribution is -2.21. The average Bonchev–Trinajstić information content (AvgIpc) is 2.79. The number of aromatic nitrogens is 1. The lowest BCUT2D eigenvalue weighted by atomic mass is 9.96. The maximum atomic E-state index is 11.9. The van der Waals surface area contributed by atoms with Crippen molar-refractivity contribution in [2.45, 2.75) is 12.8 Å². The van der Waals surface area contributed by atoms with E-state index in [-0.39, 0.29) is 6.42 Å². The van der Waals surface area contributed by atoms with Crippen molar-refractivity contribution in [2.24, 2.45) is 5.92 Å². The smallest absolute Gasteiger partial charge is 0.304 e. The van der Waals surface area contributed by atoms with E-state index in [0.29, 0.717) is 0 Å². The van der Waals surface area contributed by atoms with Crippen molar-refractivity contribution in [3.05, 3.63) is 36.0 Å². The molecule has 1 heterocycles. The lowest BCUT2D eigenvalue weighted by Gasteiger charge is -2.05. The fraction of sp³-hybridized carbons (Fsp3) is 0.214. The number of aromatic amines is 1.